The summed E-state index contributed by atoms with van der Waals surface area (Å²) in [5.41, 5.74) is 2.40. The fraction of sp³-hybridized carbons (Fsp3) is 0.375. The standard InChI is InChI=1S/C24H28N2O5S/c1-5-7-8-16-9-10-20-21(11-16)32-24(26(20)15-22(27)31-6-2)25-23(28)17-12-18(29-3)14-19(13-17)30-4/h9-14H,5-8,15H2,1-4H3. The highest BCUT2D eigenvalue weighted by atomic mass is 32.1. The van der Waals surface area contributed by atoms with E-state index >= 15 is 0 Å². The number of hydrogen-bond acceptors (Lipinski definition) is 6. The molecule has 3 rings (SSSR count). The number of aromatic nitrogens is 1. The molecule has 7 nitrogen and oxygen atoms in total. The van der Waals surface area contributed by atoms with Crippen molar-refractivity contribution in [3.63, 3.8) is 0 Å². The number of rotatable bonds is 9. The molecule has 0 bridgehead atoms. The Hall–Kier alpha value is -3.13. The number of methoxy groups -OCH3 is 2. The topological polar surface area (TPSA) is 79.1 Å². The number of ether oxygens (including phenoxy) is 3. The fourth-order valence-corrected chi connectivity index (χ4v) is 4.40. The third kappa shape index (κ3) is 5.56. The minimum atomic E-state index is -0.447. The van der Waals surface area contributed by atoms with Gasteiger partial charge in [-0.1, -0.05) is 30.7 Å². The quantitative estimate of drug-likeness (QED) is 0.447. The van der Waals surface area contributed by atoms with Crippen LogP contribution in [0.3, 0.4) is 0 Å². The molecule has 0 saturated heterocycles. The third-order valence-electron chi connectivity index (χ3n) is 4.95. The van der Waals surface area contributed by atoms with E-state index in [0.717, 1.165) is 29.5 Å². The fourth-order valence-electron chi connectivity index (χ4n) is 3.31. The van der Waals surface area contributed by atoms with Gasteiger partial charge in [-0.3, -0.25) is 9.59 Å². The van der Waals surface area contributed by atoms with Gasteiger partial charge in [-0.2, -0.15) is 4.99 Å². The Bertz CT molecular complexity index is 1160. The summed E-state index contributed by atoms with van der Waals surface area (Å²) in [5.74, 6) is 0.176. The van der Waals surface area contributed by atoms with Crippen LogP contribution in [-0.2, 0) is 22.5 Å². The van der Waals surface area contributed by atoms with Gasteiger partial charge in [-0.15, -0.1) is 0 Å². The van der Waals surface area contributed by atoms with Crippen LogP contribution >= 0.6 is 11.3 Å². The molecule has 0 aliphatic carbocycles. The number of esters is 1. The molecule has 0 aliphatic rings. The van der Waals surface area contributed by atoms with Crippen molar-refractivity contribution in [1.82, 2.24) is 4.57 Å². The monoisotopic (exact) mass is 456 g/mol. The van der Waals surface area contributed by atoms with Crippen LogP contribution in [0.25, 0.3) is 10.2 Å². The third-order valence-corrected chi connectivity index (χ3v) is 6.00. The molecule has 1 aromatic heterocycles. The van der Waals surface area contributed by atoms with E-state index < -0.39 is 5.91 Å². The molecule has 0 radical (unpaired) electrons. The van der Waals surface area contributed by atoms with Crippen LogP contribution in [0, 0.1) is 0 Å². The van der Waals surface area contributed by atoms with Gasteiger partial charge in [-0.05, 0) is 49.6 Å². The number of nitrogens with zero attached hydrogens (tertiary/aromatic N) is 2. The summed E-state index contributed by atoms with van der Waals surface area (Å²) in [7, 11) is 3.05. The second-order valence-corrected chi connectivity index (χ2v) is 8.21. The predicted octanol–water partition coefficient (Wildman–Crippen LogP) is 4.37. The van der Waals surface area contributed by atoms with Gasteiger partial charge in [0.15, 0.2) is 4.80 Å². The minimum absolute atomic E-state index is 0.0182. The molecule has 32 heavy (non-hydrogen) atoms. The summed E-state index contributed by atoms with van der Waals surface area (Å²) in [6, 6.07) is 11.1. The maximum atomic E-state index is 13.0. The maximum Gasteiger partial charge on any atom is 0.326 e. The number of carbonyl (C=O) groups excluding carboxylic acids is 2. The highest BCUT2D eigenvalue weighted by molar-refractivity contribution is 7.16. The average molecular weight is 457 g/mol. The van der Waals surface area contributed by atoms with Crippen LogP contribution in [0.1, 0.15) is 42.6 Å². The van der Waals surface area contributed by atoms with E-state index in [1.807, 2.05) is 6.07 Å². The number of benzene rings is 2. The number of aryl methyl sites for hydroxylation is 1. The van der Waals surface area contributed by atoms with Crippen molar-refractivity contribution in [2.75, 3.05) is 20.8 Å². The normalized spacial score (nSPS) is 11.6. The lowest BCUT2D eigenvalue weighted by atomic mass is 10.1. The Morgan fingerprint density at radius 1 is 1.03 bits per heavy atom. The number of amides is 1. The first-order chi connectivity index (χ1) is 15.5. The van der Waals surface area contributed by atoms with Gasteiger partial charge >= 0.3 is 5.97 Å². The first-order valence-electron chi connectivity index (χ1n) is 10.6. The Balaban J connectivity index is 2.09. The van der Waals surface area contributed by atoms with E-state index in [1.165, 1.54) is 31.1 Å². The number of carbonyl (C=O) groups is 2. The van der Waals surface area contributed by atoms with E-state index in [1.54, 1.807) is 29.7 Å². The zero-order valence-electron chi connectivity index (χ0n) is 18.8. The molecule has 2 aromatic carbocycles. The molecule has 1 amide bonds. The maximum absolute atomic E-state index is 13.0. The lowest BCUT2D eigenvalue weighted by Crippen LogP contribution is -2.23. The average Bonchev–Trinajstić information content (AvgIpc) is 3.13. The van der Waals surface area contributed by atoms with Gasteiger partial charge in [0, 0.05) is 11.6 Å². The second kappa shape index (κ2) is 10.9. The molecular weight excluding hydrogens is 428 g/mol. The van der Waals surface area contributed by atoms with Gasteiger partial charge in [0.1, 0.15) is 18.0 Å². The van der Waals surface area contributed by atoms with E-state index in [9.17, 15) is 9.59 Å². The molecule has 3 aromatic rings. The largest absolute Gasteiger partial charge is 0.497 e. The minimum Gasteiger partial charge on any atom is -0.497 e. The van der Waals surface area contributed by atoms with Crippen LogP contribution in [0.4, 0.5) is 0 Å². The number of unbranched alkanes of at least 4 members (excludes halogenated alkanes) is 1. The second-order valence-electron chi connectivity index (χ2n) is 7.20. The first kappa shape index (κ1) is 23.5. The van der Waals surface area contributed by atoms with E-state index in [0.29, 0.717) is 21.9 Å². The van der Waals surface area contributed by atoms with Crippen LogP contribution < -0.4 is 14.3 Å². The molecule has 0 spiro atoms. The van der Waals surface area contributed by atoms with Gasteiger partial charge < -0.3 is 18.8 Å². The predicted molar refractivity (Wildman–Crippen MR) is 124 cm³/mol. The summed E-state index contributed by atoms with van der Waals surface area (Å²) in [5, 5.41) is 0. The molecule has 0 unspecified atom stereocenters. The molecule has 0 aliphatic heterocycles. The lowest BCUT2D eigenvalue weighted by molar-refractivity contribution is -0.143. The van der Waals surface area contributed by atoms with Gasteiger partial charge in [0.2, 0.25) is 0 Å². The number of fused-ring (bicyclic) bond motifs is 1. The van der Waals surface area contributed by atoms with Crippen molar-refractivity contribution in [3.05, 3.63) is 52.3 Å². The highest BCUT2D eigenvalue weighted by Crippen LogP contribution is 2.24. The smallest absolute Gasteiger partial charge is 0.326 e. The van der Waals surface area contributed by atoms with Crippen molar-refractivity contribution in [3.8, 4) is 11.5 Å². The number of hydrogen-bond donors (Lipinski definition) is 0. The molecule has 1 heterocycles. The van der Waals surface area contributed by atoms with Crippen molar-refractivity contribution >= 4 is 33.4 Å². The summed E-state index contributed by atoms with van der Waals surface area (Å²) in [4.78, 5) is 30.0. The van der Waals surface area contributed by atoms with Crippen molar-refractivity contribution in [2.24, 2.45) is 4.99 Å². The van der Waals surface area contributed by atoms with E-state index in [4.69, 9.17) is 14.2 Å². The van der Waals surface area contributed by atoms with Gasteiger partial charge in [0.25, 0.3) is 5.91 Å². The van der Waals surface area contributed by atoms with Crippen LogP contribution in [-0.4, -0.2) is 37.3 Å². The molecule has 170 valence electrons. The molecule has 8 heteroatoms. The van der Waals surface area contributed by atoms with Crippen LogP contribution in [0.15, 0.2) is 41.4 Å². The molecule has 0 fully saturated rings. The Labute approximate surface area is 191 Å². The number of thiazole rings is 1. The molecule has 0 atom stereocenters. The Kier molecular flexibility index (Phi) is 8.05. The molecule has 0 saturated carbocycles. The summed E-state index contributed by atoms with van der Waals surface area (Å²) >= 11 is 1.38. The summed E-state index contributed by atoms with van der Waals surface area (Å²) < 4.78 is 18.3. The zero-order chi connectivity index (χ0) is 23.1. The van der Waals surface area contributed by atoms with Crippen LogP contribution in [0.5, 0.6) is 11.5 Å². The van der Waals surface area contributed by atoms with Crippen molar-refractivity contribution in [2.45, 2.75) is 39.7 Å². The van der Waals surface area contributed by atoms with Crippen molar-refractivity contribution in [1.29, 1.82) is 0 Å². The summed E-state index contributed by atoms with van der Waals surface area (Å²) in [6.07, 6.45) is 3.20. The first-order valence-corrected chi connectivity index (χ1v) is 11.4. The van der Waals surface area contributed by atoms with Crippen molar-refractivity contribution < 1.29 is 23.8 Å². The molecule has 0 N–H and O–H groups in total. The highest BCUT2D eigenvalue weighted by Gasteiger charge is 2.14. The van der Waals surface area contributed by atoms with Crippen LogP contribution in [0.2, 0.25) is 0 Å². The summed E-state index contributed by atoms with van der Waals surface area (Å²) in [6.45, 7) is 4.19. The molecular formula is C24H28N2O5S. The Morgan fingerprint density at radius 2 is 1.75 bits per heavy atom. The SMILES string of the molecule is CCCCc1ccc2c(c1)sc(=NC(=O)c1cc(OC)cc(OC)c1)n2CC(=O)OCC. The zero-order valence-corrected chi connectivity index (χ0v) is 19.7. The van der Waals surface area contributed by atoms with E-state index in [-0.39, 0.29) is 19.1 Å². The Morgan fingerprint density at radius 3 is 2.38 bits per heavy atom. The van der Waals surface area contributed by atoms with E-state index in [2.05, 4.69) is 24.0 Å². The van der Waals surface area contributed by atoms with Gasteiger partial charge in [0.05, 0.1) is 31.0 Å². The lowest BCUT2D eigenvalue weighted by Gasteiger charge is -2.07. The van der Waals surface area contributed by atoms with Gasteiger partial charge in [-0.25, -0.2) is 0 Å².